The summed E-state index contributed by atoms with van der Waals surface area (Å²) >= 11 is 0. The lowest BCUT2D eigenvalue weighted by molar-refractivity contribution is 0.414. The predicted octanol–water partition coefficient (Wildman–Crippen LogP) is 3.39. The molecule has 18 heavy (non-hydrogen) atoms. The van der Waals surface area contributed by atoms with Crippen LogP contribution in [0.25, 0.3) is 0 Å². The zero-order valence-electron chi connectivity index (χ0n) is 11.9. The highest BCUT2D eigenvalue weighted by molar-refractivity contribution is 5.41. The fourth-order valence-electron chi connectivity index (χ4n) is 3.00. The molecule has 0 amide bonds. The van der Waals surface area contributed by atoms with Gasteiger partial charge in [-0.1, -0.05) is 12.8 Å². The van der Waals surface area contributed by atoms with Crippen LogP contribution in [-0.2, 0) is 6.42 Å². The maximum Gasteiger partial charge on any atom is 0.119 e. The molecule has 1 aromatic rings. The van der Waals surface area contributed by atoms with Crippen molar-refractivity contribution < 1.29 is 4.74 Å². The highest BCUT2D eigenvalue weighted by atomic mass is 16.5. The smallest absolute Gasteiger partial charge is 0.119 e. The summed E-state index contributed by atoms with van der Waals surface area (Å²) in [4.78, 5) is 0. The Morgan fingerprint density at radius 2 is 1.78 bits per heavy atom. The van der Waals surface area contributed by atoms with E-state index in [-0.39, 0.29) is 0 Å². The molecule has 0 radical (unpaired) electrons. The number of rotatable bonds is 5. The third-order valence-corrected chi connectivity index (χ3v) is 4.07. The Morgan fingerprint density at radius 3 is 2.33 bits per heavy atom. The number of aryl methyl sites for hydroxylation is 2. The molecule has 1 aromatic carbocycles. The van der Waals surface area contributed by atoms with Gasteiger partial charge >= 0.3 is 0 Å². The van der Waals surface area contributed by atoms with Gasteiger partial charge in [-0.05, 0) is 68.5 Å². The normalized spacial score (nSPS) is 16.2. The molecule has 0 saturated heterocycles. The summed E-state index contributed by atoms with van der Waals surface area (Å²) in [6.45, 7) is 5.46. The first-order valence-electron chi connectivity index (χ1n) is 7.08. The minimum absolute atomic E-state index is 0.767. The lowest BCUT2D eigenvalue weighted by Gasteiger charge is -2.15. The van der Waals surface area contributed by atoms with Gasteiger partial charge in [0.25, 0.3) is 0 Å². The van der Waals surface area contributed by atoms with Crippen molar-refractivity contribution in [2.24, 2.45) is 0 Å². The summed E-state index contributed by atoms with van der Waals surface area (Å²) in [7, 11) is 1.73. The van der Waals surface area contributed by atoms with E-state index in [0.717, 1.165) is 24.8 Å². The lowest BCUT2D eigenvalue weighted by atomic mass is 9.99. The van der Waals surface area contributed by atoms with Crippen LogP contribution in [0.1, 0.15) is 42.4 Å². The van der Waals surface area contributed by atoms with Gasteiger partial charge in [-0.15, -0.1) is 0 Å². The molecule has 0 heterocycles. The molecule has 2 nitrogen and oxygen atoms in total. The van der Waals surface area contributed by atoms with Gasteiger partial charge in [0.15, 0.2) is 0 Å². The second-order valence-electron chi connectivity index (χ2n) is 5.43. The number of methoxy groups -OCH3 is 1. The largest absolute Gasteiger partial charge is 0.497 e. The van der Waals surface area contributed by atoms with Gasteiger partial charge in [0.2, 0.25) is 0 Å². The number of benzene rings is 1. The van der Waals surface area contributed by atoms with Crippen LogP contribution in [0.3, 0.4) is 0 Å². The van der Waals surface area contributed by atoms with E-state index in [1.54, 1.807) is 7.11 Å². The SMILES string of the molecule is COc1cc(C)c(CCNC2CCCC2)c(C)c1. The number of ether oxygens (including phenoxy) is 1. The second-order valence-corrected chi connectivity index (χ2v) is 5.43. The first kappa shape index (κ1) is 13.4. The Labute approximate surface area is 111 Å². The van der Waals surface area contributed by atoms with Gasteiger partial charge in [0, 0.05) is 6.04 Å². The Hall–Kier alpha value is -1.02. The molecule has 100 valence electrons. The molecule has 1 aliphatic carbocycles. The van der Waals surface area contributed by atoms with Crippen molar-refractivity contribution in [2.75, 3.05) is 13.7 Å². The van der Waals surface area contributed by atoms with Gasteiger partial charge in [-0.2, -0.15) is 0 Å². The van der Waals surface area contributed by atoms with Crippen LogP contribution in [0.2, 0.25) is 0 Å². The molecule has 2 rings (SSSR count). The molecule has 0 aromatic heterocycles. The van der Waals surface area contributed by atoms with Crippen LogP contribution in [-0.4, -0.2) is 19.7 Å². The van der Waals surface area contributed by atoms with E-state index >= 15 is 0 Å². The van der Waals surface area contributed by atoms with E-state index in [9.17, 15) is 0 Å². The van der Waals surface area contributed by atoms with Crippen LogP contribution >= 0.6 is 0 Å². The Balaban J connectivity index is 1.92. The van der Waals surface area contributed by atoms with Crippen molar-refractivity contribution in [2.45, 2.75) is 52.0 Å². The fourth-order valence-corrected chi connectivity index (χ4v) is 3.00. The van der Waals surface area contributed by atoms with Crippen molar-refractivity contribution in [3.05, 3.63) is 28.8 Å². The average Bonchev–Trinajstić information content (AvgIpc) is 2.85. The molecule has 0 bridgehead atoms. The van der Waals surface area contributed by atoms with Crippen molar-refractivity contribution in [1.82, 2.24) is 5.32 Å². The maximum absolute atomic E-state index is 5.30. The molecular formula is C16H25NO. The summed E-state index contributed by atoms with van der Waals surface area (Å²) < 4.78 is 5.30. The lowest BCUT2D eigenvalue weighted by Crippen LogP contribution is -2.28. The number of nitrogens with one attached hydrogen (secondary N) is 1. The van der Waals surface area contributed by atoms with Crippen LogP contribution in [0.5, 0.6) is 5.75 Å². The van der Waals surface area contributed by atoms with Gasteiger partial charge < -0.3 is 10.1 Å². The summed E-state index contributed by atoms with van der Waals surface area (Å²) in [5.74, 6) is 0.970. The van der Waals surface area contributed by atoms with Crippen molar-refractivity contribution in [1.29, 1.82) is 0 Å². The summed E-state index contributed by atoms with van der Waals surface area (Å²) in [5, 5.41) is 3.68. The quantitative estimate of drug-likeness (QED) is 0.861. The standard InChI is InChI=1S/C16H25NO/c1-12-10-15(18-3)11-13(2)16(12)8-9-17-14-6-4-5-7-14/h10-11,14,17H,4-9H2,1-3H3. The zero-order valence-corrected chi connectivity index (χ0v) is 11.9. The molecule has 0 atom stereocenters. The third kappa shape index (κ3) is 3.26. The van der Waals surface area contributed by atoms with E-state index in [2.05, 4.69) is 31.3 Å². The maximum atomic E-state index is 5.30. The van der Waals surface area contributed by atoms with E-state index in [1.807, 2.05) is 0 Å². The van der Waals surface area contributed by atoms with Gasteiger partial charge in [0.05, 0.1) is 7.11 Å². The molecule has 2 heteroatoms. The summed E-state index contributed by atoms with van der Waals surface area (Å²) in [6.07, 6.45) is 6.65. The fraction of sp³-hybridized carbons (Fsp3) is 0.625. The highest BCUT2D eigenvalue weighted by Crippen LogP contribution is 2.22. The van der Waals surface area contributed by atoms with E-state index in [1.165, 1.54) is 42.4 Å². The van der Waals surface area contributed by atoms with Gasteiger partial charge in [0.1, 0.15) is 5.75 Å². The van der Waals surface area contributed by atoms with E-state index in [0.29, 0.717) is 0 Å². The molecule has 1 N–H and O–H groups in total. The van der Waals surface area contributed by atoms with Gasteiger partial charge in [-0.3, -0.25) is 0 Å². The summed E-state index contributed by atoms with van der Waals surface area (Å²) in [5.41, 5.74) is 4.17. The first-order chi connectivity index (χ1) is 8.70. The van der Waals surface area contributed by atoms with E-state index < -0.39 is 0 Å². The molecule has 0 unspecified atom stereocenters. The van der Waals surface area contributed by atoms with Crippen LogP contribution in [0.15, 0.2) is 12.1 Å². The predicted molar refractivity (Wildman–Crippen MR) is 76.4 cm³/mol. The van der Waals surface area contributed by atoms with Crippen LogP contribution < -0.4 is 10.1 Å². The molecular weight excluding hydrogens is 222 g/mol. The average molecular weight is 247 g/mol. The Morgan fingerprint density at radius 1 is 1.17 bits per heavy atom. The van der Waals surface area contributed by atoms with Crippen molar-refractivity contribution in [3.8, 4) is 5.75 Å². The van der Waals surface area contributed by atoms with Crippen molar-refractivity contribution >= 4 is 0 Å². The molecule has 0 spiro atoms. The van der Waals surface area contributed by atoms with Crippen LogP contribution in [0, 0.1) is 13.8 Å². The van der Waals surface area contributed by atoms with Crippen LogP contribution in [0.4, 0.5) is 0 Å². The monoisotopic (exact) mass is 247 g/mol. The Bertz CT molecular complexity index is 371. The number of hydrogen-bond donors (Lipinski definition) is 1. The van der Waals surface area contributed by atoms with Crippen molar-refractivity contribution in [3.63, 3.8) is 0 Å². The zero-order chi connectivity index (χ0) is 13.0. The van der Waals surface area contributed by atoms with Gasteiger partial charge in [-0.25, -0.2) is 0 Å². The van der Waals surface area contributed by atoms with E-state index in [4.69, 9.17) is 4.74 Å². The third-order valence-electron chi connectivity index (χ3n) is 4.07. The Kier molecular flexibility index (Phi) is 4.65. The molecule has 1 fully saturated rings. The number of hydrogen-bond acceptors (Lipinski definition) is 2. The minimum atomic E-state index is 0.767. The highest BCUT2D eigenvalue weighted by Gasteiger charge is 2.14. The minimum Gasteiger partial charge on any atom is -0.497 e. The molecule has 1 saturated carbocycles. The second kappa shape index (κ2) is 6.24. The molecule has 1 aliphatic rings. The summed E-state index contributed by atoms with van der Waals surface area (Å²) in [6, 6.07) is 5.04. The first-order valence-corrected chi connectivity index (χ1v) is 7.08. The topological polar surface area (TPSA) is 21.3 Å². The molecule has 0 aliphatic heterocycles.